The number of nitrogens with one attached hydrogen (secondary N) is 2. The first-order valence-electron chi connectivity index (χ1n) is 5.71. The lowest BCUT2D eigenvalue weighted by Crippen LogP contribution is -2.33. The van der Waals surface area contributed by atoms with E-state index in [0.717, 1.165) is 13.0 Å². The van der Waals surface area contributed by atoms with Crippen molar-refractivity contribution in [1.29, 1.82) is 0 Å². The highest BCUT2D eigenvalue weighted by Crippen LogP contribution is 2.07. The standard InChI is InChI=1S/C12H17FN4O/c1-2-7-15-12(14)16-8-11(18)17-10-5-3-9(13)4-6-10/h3-6H,2,7-8H2,1H3,(H,17,18)(H3,14,15,16). The minimum Gasteiger partial charge on any atom is -0.370 e. The minimum atomic E-state index is -0.348. The summed E-state index contributed by atoms with van der Waals surface area (Å²) in [5.74, 6) is -0.409. The van der Waals surface area contributed by atoms with E-state index in [1.54, 1.807) is 0 Å². The molecule has 0 aliphatic rings. The molecule has 0 saturated carbocycles. The first kappa shape index (κ1) is 14.0. The van der Waals surface area contributed by atoms with Gasteiger partial charge < -0.3 is 16.4 Å². The van der Waals surface area contributed by atoms with E-state index in [9.17, 15) is 9.18 Å². The lowest BCUT2D eigenvalue weighted by atomic mass is 10.3. The summed E-state index contributed by atoms with van der Waals surface area (Å²) in [6.07, 6.45) is 0.929. The summed E-state index contributed by atoms with van der Waals surface area (Å²) >= 11 is 0. The molecular formula is C12H17FN4O. The van der Waals surface area contributed by atoms with Crippen LogP contribution in [0.3, 0.4) is 0 Å². The van der Waals surface area contributed by atoms with Gasteiger partial charge in [-0.2, -0.15) is 0 Å². The molecule has 1 aromatic rings. The number of halogens is 1. The Balaban J connectivity index is 2.39. The fraction of sp³-hybridized carbons (Fsp3) is 0.333. The number of anilines is 1. The average molecular weight is 252 g/mol. The Labute approximate surface area is 105 Å². The molecule has 0 spiro atoms. The third-order valence-corrected chi connectivity index (χ3v) is 2.08. The van der Waals surface area contributed by atoms with Gasteiger partial charge in [0.1, 0.15) is 12.4 Å². The van der Waals surface area contributed by atoms with E-state index in [1.165, 1.54) is 24.3 Å². The van der Waals surface area contributed by atoms with Crippen molar-refractivity contribution in [2.45, 2.75) is 13.3 Å². The highest BCUT2D eigenvalue weighted by Gasteiger charge is 2.01. The summed E-state index contributed by atoms with van der Waals surface area (Å²) in [6, 6.07) is 5.51. The summed E-state index contributed by atoms with van der Waals surface area (Å²) in [6.45, 7) is 2.65. The molecule has 1 rings (SSSR count). The number of carbonyl (C=O) groups is 1. The molecule has 0 unspecified atom stereocenters. The number of amides is 1. The molecule has 0 aliphatic heterocycles. The zero-order valence-electron chi connectivity index (χ0n) is 10.2. The number of guanidine groups is 1. The Morgan fingerprint density at radius 3 is 2.67 bits per heavy atom. The van der Waals surface area contributed by atoms with Crippen molar-refractivity contribution < 1.29 is 9.18 Å². The van der Waals surface area contributed by atoms with Crippen molar-refractivity contribution in [3.63, 3.8) is 0 Å². The quantitative estimate of drug-likeness (QED) is 0.542. The number of nitrogens with two attached hydrogens (primary N) is 1. The zero-order valence-corrected chi connectivity index (χ0v) is 10.2. The predicted molar refractivity (Wildman–Crippen MR) is 69.8 cm³/mol. The van der Waals surface area contributed by atoms with Crippen molar-refractivity contribution in [3.8, 4) is 0 Å². The molecule has 98 valence electrons. The summed E-state index contributed by atoms with van der Waals surface area (Å²) in [5, 5.41) is 5.44. The Bertz CT molecular complexity index is 417. The lowest BCUT2D eigenvalue weighted by molar-refractivity contribution is -0.114. The second-order valence-corrected chi connectivity index (χ2v) is 3.68. The van der Waals surface area contributed by atoms with E-state index < -0.39 is 0 Å². The van der Waals surface area contributed by atoms with Crippen LogP contribution in [0, 0.1) is 5.82 Å². The van der Waals surface area contributed by atoms with E-state index in [-0.39, 0.29) is 24.2 Å². The topological polar surface area (TPSA) is 79.5 Å². The molecule has 1 amide bonds. The Morgan fingerprint density at radius 2 is 2.06 bits per heavy atom. The Hall–Kier alpha value is -2.11. The fourth-order valence-corrected chi connectivity index (χ4v) is 1.20. The largest absolute Gasteiger partial charge is 0.370 e. The maximum absolute atomic E-state index is 12.6. The molecule has 0 aliphatic carbocycles. The normalized spacial score (nSPS) is 11.1. The molecule has 5 nitrogen and oxygen atoms in total. The van der Waals surface area contributed by atoms with Gasteiger partial charge in [0.25, 0.3) is 0 Å². The number of carbonyl (C=O) groups excluding carboxylic acids is 1. The van der Waals surface area contributed by atoms with Crippen LogP contribution in [0.1, 0.15) is 13.3 Å². The number of aliphatic imine (C=N–C) groups is 1. The van der Waals surface area contributed by atoms with Crippen molar-refractivity contribution >= 4 is 17.6 Å². The zero-order chi connectivity index (χ0) is 13.4. The monoisotopic (exact) mass is 252 g/mol. The van der Waals surface area contributed by atoms with Crippen molar-refractivity contribution in [3.05, 3.63) is 30.1 Å². The van der Waals surface area contributed by atoms with Gasteiger partial charge in [-0.25, -0.2) is 9.38 Å². The highest BCUT2D eigenvalue weighted by molar-refractivity contribution is 5.93. The van der Waals surface area contributed by atoms with E-state index >= 15 is 0 Å². The minimum absolute atomic E-state index is 0.0695. The molecule has 1 aromatic carbocycles. The number of rotatable bonds is 5. The van der Waals surface area contributed by atoms with Gasteiger partial charge in [-0.3, -0.25) is 4.79 Å². The van der Waals surface area contributed by atoms with Gasteiger partial charge in [-0.15, -0.1) is 0 Å². The Kier molecular flexibility index (Phi) is 5.63. The first-order chi connectivity index (χ1) is 8.61. The van der Waals surface area contributed by atoms with Crippen LogP contribution in [0.25, 0.3) is 0 Å². The van der Waals surface area contributed by atoms with E-state index in [4.69, 9.17) is 5.73 Å². The van der Waals surface area contributed by atoms with Crippen LogP contribution in [0.4, 0.5) is 10.1 Å². The van der Waals surface area contributed by atoms with Gasteiger partial charge in [0.05, 0.1) is 0 Å². The molecule has 0 heterocycles. The van der Waals surface area contributed by atoms with Gasteiger partial charge in [0.2, 0.25) is 5.91 Å². The Morgan fingerprint density at radius 1 is 1.39 bits per heavy atom. The summed E-state index contributed by atoms with van der Waals surface area (Å²) in [7, 11) is 0. The van der Waals surface area contributed by atoms with Crippen LogP contribution in [0.2, 0.25) is 0 Å². The maximum atomic E-state index is 12.6. The fourth-order valence-electron chi connectivity index (χ4n) is 1.20. The van der Waals surface area contributed by atoms with Gasteiger partial charge in [0, 0.05) is 12.2 Å². The molecule has 6 heteroatoms. The number of hydrogen-bond acceptors (Lipinski definition) is 2. The average Bonchev–Trinajstić information content (AvgIpc) is 2.36. The van der Waals surface area contributed by atoms with Crippen LogP contribution in [-0.2, 0) is 4.79 Å². The molecule has 0 bridgehead atoms. The molecule has 0 radical (unpaired) electrons. The van der Waals surface area contributed by atoms with E-state index in [0.29, 0.717) is 5.69 Å². The van der Waals surface area contributed by atoms with Gasteiger partial charge >= 0.3 is 0 Å². The second kappa shape index (κ2) is 7.26. The third-order valence-electron chi connectivity index (χ3n) is 2.08. The maximum Gasteiger partial charge on any atom is 0.246 e. The van der Waals surface area contributed by atoms with Gasteiger partial charge in [-0.1, -0.05) is 6.92 Å². The van der Waals surface area contributed by atoms with Crippen molar-refractivity contribution in [2.75, 3.05) is 18.4 Å². The lowest BCUT2D eigenvalue weighted by Gasteiger charge is -2.05. The van der Waals surface area contributed by atoms with E-state index in [2.05, 4.69) is 15.6 Å². The summed E-state index contributed by atoms with van der Waals surface area (Å²) in [4.78, 5) is 15.4. The van der Waals surface area contributed by atoms with Gasteiger partial charge in [0.15, 0.2) is 5.96 Å². The first-order valence-corrected chi connectivity index (χ1v) is 5.71. The highest BCUT2D eigenvalue weighted by atomic mass is 19.1. The second-order valence-electron chi connectivity index (χ2n) is 3.68. The molecule has 0 atom stereocenters. The number of nitrogens with zero attached hydrogens (tertiary/aromatic N) is 1. The van der Waals surface area contributed by atoms with Crippen LogP contribution in [0.5, 0.6) is 0 Å². The SMILES string of the molecule is CCCNC(N)=NCC(=O)Nc1ccc(F)cc1. The number of hydrogen-bond donors (Lipinski definition) is 3. The van der Waals surface area contributed by atoms with Crippen molar-refractivity contribution in [2.24, 2.45) is 10.7 Å². The van der Waals surface area contributed by atoms with Crippen molar-refractivity contribution in [1.82, 2.24) is 5.32 Å². The van der Waals surface area contributed by atoms with Crippen LogP contribution in [0.15, 0.2) is 29.3 Å². The smallest absolute Gasteiger partial charge is 0.246 e. The molecule has 18 heavy (non-hydrogen) atoms. The summed E-state index contributed by atoms with van der Waals surface area (Å²) in [5.41, 5.74) is 6.06. The van der Waals surface area contributed by atoms with Crippen LogP contribution >= 0.6 is 0 Å². The number of benzene rings is 1. The molecule has 0 saturated heterocycles. The molecular weight excluding hydrogens is 235 g/mol. The van der Waals surface area contributed by atoms with Gasteiger partial charge in [-0.05, 0) is 30.7 Å². The third kappa shape index (κ3) is 5.29. The van der Waals surface area contributed by atoms with Crippen LogP contribution in [-0.4, -0.2) is 25.0 Å². The van der Waals surface area contributed by atoms with E-state index in [1.807, 2.05) is 6.92 Å². The molecule has 0 fully saturated rings. The summed E-state index contributed by atoms with van der Waals surface area (Å²) < 4.78 is 12.6. The molecule has 0 aromatic heterocycles. The predicted octanol–water partition coefficient (Wildman–Crippen LogP) is 1.08. The molecule has 4 N–H and O–H groups in total. The van der Waals surface area contributed by atoms with Crippen LogP contribution < -0.4 is 16.4 Å².